The molecular formula is C16H26BrNOS. The van der Waals surface area contributed by atoms with Crippen LogP contribution in [0.1, 0.15) is 33.6 Å². The van der Waals surface area contributed by atoms with E-state index >= 15 is 0 Å². The predicted octanol–water partition coefficient (Wildman–Crippen LogP) is 4.72. The van der Waals surface area contributed by atoms with Gasteiger partial charge >= 0.3 is 0 Å². The Morgan fingerprint density at radius 2 is 2.15 bits per heavy atom. The number of ether oxygens (including phenoxy) is 1. The quantitative estimate of drug-likeness (QED) is 0.644. The zero-order chi connectivity index (χ0) is 15.0. The zero-order valence-electron chi connectivity index (χ0n) is 12.9. The summed E-state index contributed by atoms with van der Waals surface area (Å²) in [6.07, 6.45) is 2.20. The highest BCUT2D eigenvalue weighted by Gasteiger charge is 2.19. The third-order valence-electron chi connectivity index (χ3n) is 3.39. The zero-order valence-corrected chi connectivity index (χ0v) is 15.3. The van der Waals surface area contributed by atoms with Crippen LogP contribution in [0, 0.1) is 0 Å². The number of benzene rings is 1. The molecule has 4 heteroatoms. The fourth-order valence-electron chi connectivity index (χ4n) is 1.91. The largest absolute Gasteiger partial charge is 0.379 e. The Kier molecular flexibility index (Phi) is 8.18. The number of rotatable bonds is 9. The van der Waals surface area contributed by atoms with E-state index in [1.165, 1.54) is 4.90 Å². The Bertz CT molecular complexity index is 398. The molecule has 0 amide bonds. The summed E-state index contributed by atoms with van der Waals surface area (Å²) in [5, 5.41) is 3.58. The first kappa shape index (κ1) is 18.0. The van der Waals surface area contributed by atoms with Gasteiger partial charge in [0, 0.05) is 28.3 Å². The van der Waals surface area contributed by atoms with Crippen LogP contribution in [0.25, 0.3) is 0 Å². The molecule has 0 fully saturated rings. The van der Waals surface area contributed by atoms with E-state index in [0.717, 1.165) is 29.6 Å². The van der Waals surface area contributed by atoms with Crippen molar-refractivity contribution in [3.63, 3.8) is 0 Å². The van der Waals surface area contributed by atoms with Crippen LogP contribution < -0.4 is 5.32 Å². The molecular weight excluding hydrogens is 334 g/mol. The van der Waals surface area contributed by atoms with Crippen molar-refractivity contribution >= 4 is 27.7 Å². The van der Waals surface area contributed by atoms with Gasteiger partial charge in [-0.15, -0.1) is 11.8 Å². The van der Waals surface area contributed by atoms with Crippen molar-refractivity contribution in [2.24, 2.45) is 0 Å². The van der Waals surface area contributed by atoms with Crippen LogP contribution in [-0.4, -0.2) is 31.1 Å². The third-order valence-corrected chi connectivity index (χ3v) is 5.04. The van der Waals surface area contributed by atoms with Crippen molar-refractivity contribution in [1.29, 1.82) is 0 Å². The fraction of sp³-hybridized carbons (Fsp3) is 0.625. The van der Waals surface area contributed by atoms with Gasteiger partial charge in [-0.05, 0) is 51.4 Å². The topological polar surface area (TPSA) is 21.3 Å². The van der Waals surface area contributed by atoms with Crippen LogP contribution in [0.15, 0.2) is 33.6 Å². The first-order valence-electron chi connectivity index (χ1n) is 7.13. The van der Waals surface area contributed by atoms with Crippen LogP contribution in [0.2, 0.25) is 0 Å². The van der Waals surface area contributed by atoms with Crippen molar-refractivity contribution in [2.45, 2.75) is 50.2 Å². The molecule has 114 valence electrons. The maximum atomic E-state index is 5.50. The molecule has 0 aliphatic carbocycles. The van der Waals surface area contributed by atoms with E-state index in [4.69, 9.17) is 4.74 Å². The molecule has 0 aliphatic heterocycles. The van der Waals surface area contributed by atoms with Crippen molar-refractivity contribution in [3.05, 3.63) is 28.7 Å². The SMILES string of the molecule is CCNC(CCC(C)(C)OC)CSc1cccc(Br)c1. The number of hydrogen-bond donors (Lipinski definition) is 1. The van der Waals surface area contributed by atoms with Crippen molar-refractivity contribution < 1.29 is 4.74 Å². The lowest BCUT2D eigenvalue weighted by Crippen LogP contribution is -2.34. The molecule has 1 atom stereocenters. The highest BCUT2D eigenvalue weighted by atomic mass is 79.9. The van der Waals surface area contributed by atoms with Crippen LogP contribution in [0.4, 0.5) is 0 Å². The van der Waals surface area contributed by atoms with Gasteiger partial charge < -0.3 is 10.1 Å². The average Bonchev–Trinajstić information content (AvgIpc) is 2.42. The summed E-state index contributed by atoms with van der Waals surface area (Å²) in [4.78, 5) is 1.31. The van der Waals surface area contributed by atoms with Gasteiger partial charge in [0.2, 0.25) is 0 Å². The summed E-state index contributed by atoms with van der Waals surface area (Å²) in [7, 11) is 1.79. The van der Waals surface area contributed by atoms with Crippen molar-refractivity contribution in [3.8, 4) is 0 Å². The highest BCUT2D eigenvalue weighted by Crippen LogP contribution is 2.24. The second kappa shape index (κ2) is 9.08. The van der Waals surface area contributed by atoms with Crippen LogP contribution in [-0.2, 0) is 4.74 Å². The lowest BCUT2D eigenvalue weighted by molar-refractivity contribution is 0.0122. The number of halogens is 1. The fourth-order valence-corrected chi connectivity index (χ4v) is 3.52. The maximum absolute atomic E-state index is 5.50. The molecule has 0 bridgehead atoms. The predicted molar refractivity (Wildman–Crippen MR) is 92.7 cm³/mol. The van der Waals surface area contributed by atoms with Crippen LogP contribution >= 0.6 is 27.7 Å². The van der Waals surface area contributed by atoms with Gasteiger partial charge in [0.05, 0.1) is 5.60 Å². The minimum absolute atomic E-state index is 0.0336. The summed E-state index contributed by atoms with van der Waals surface area (Å²) in [6, 6.07) is 9.01. The minimum atomic E-state index is -0.0336. The van der Waals surface area contributed by atoms with Crippen LogP contribution in [0.3, 0.4) is 0 Å². The Labute approximate surface area is 136 Å². The number of hydrogen-bond acceptors (Lipinski definition) is 3. The molecule has 1 N–H and O–H groups in total. The Morgan fingerprint density at radius 1 is 1.40 bits per heavy atom. The van der Waals surface area contributed by atoms with Gasteiger partial charge in [-0.25, -0.2) is 0 Å². The Morgan fingerprint density at radius 3 is 2.75 bits per heavy atom. The smallest absolute Gasteiger partial charge is 0.0623 e. The molecule has 0 saturated heterocycles. The number of nitrogens with one attached hydrogen (secondary N) is 1. The summed E-state index contributed by atoms with van der Waals surface area (Å²) >= 11 is 5.43. The minimum Gasteiger partial charge on any atom is -0.379 e. The molecule has 0 aliphatic rings. The van der Waals surface area contributed by atoms with Gasteiger partial charge in [0.25, 0.3) is 0 Å². The Hall–Kier alpha value is -0.0300. The van der Waals surface area contributed by atoms with Gasteiger partial charge in [-0.1, -0.05) is 28.9 Å². The second-order valence-corrected chi connectivity index (χ2v) is 7.53. The van der Waals surface area contributed by atoms with Gasteiger partial charge in [-0.2, -0.15) is 0 Å². The van der Waals surface area contributed by atoms with E-state index in [0.29, 0.717) is 6.04 Å². The monoisotopic (exact) mass is 359 g/mol. The molecule has 0 heterocycles. The van der Waals surface area contributed by atoms with E-state index in [1.54, 1.807) is 7.11 Å². The van der Waals surface area contributed by atoms with E-state index < -0.39 is 0 Å². The summed E-state index contributed by atoms with van der Waals surface area (Å²) < 4.78 is 6.65. The van der Waals surface area contributed by atoms with Crippen LogP contribution in [0.5, 0.6) is 0 Å². The molecule has 1 aromatic carbocycles. The molecule has 1 rings (SSSR count). The molecule has 0 radical (unpaired) electrons. The first-order chi connectivity index (χ1) is 9.46. The van der Waals surface area contributed by atoms with Gasteiger partial charge in [0.15, 0.2) is 0 Å². The van der Waals surface area contributed by atoms with Gasteiger partial charge in [0.1, 0.15) is 0 Å². The van der Waals surface area contributed by atoms with Gasteiger partial charge in [-0.3, -0.25) is 0 Å². The van der Waals surface area contributed by atoms with E-state index in [2.05, 4.69) is 66.3 Å². The third kappa shape index (κ3) is 7.11. The first-order valence-corrected chi connectivity index (χ1v) is 8.91. The molecule has 1 unspecified atom stereocenters. The summed E-state index contributed by atoms with van der Waals surface area (Å²) in [5.41, 5.74) is -0.0336. The molecule has 0 aromatic heterocycles. The van der Waals surface area contributed by atoms with E-state index in [9.17, 15) is 0 Å². The van der Waals surface area contributed by atoms with E-state index in [1.807, 2.05) is 11.8 Å². The normalized spacial score (nSPS) is 13.4. The lowest BCUT2D eigenvalue weighted by atomic mass is 9.99. The summed E-state index contributed by atoms with van der Waals surface area (Å²) in [5.74, 6) is 1.09. The van der Waals surface area contributed by atoms with Crippen molar-refractivity contribution in [1.82, 2.24) is 5.32 Å². The Balaban J connectivity index is 2.46. The number of thioether (sulfide) groups is 1. The summed E-state index contributed by atoms with van der Waals surface area (Å²) in [6.45, 7) is 7.48. The van der Waals surface area contributed by atoms with E-state index in [-0.39, 0.29) is 5.60 Å². The standard InChI is InChI=1S/C16H26BrNOS/c1-5-18-14(9-10-16(2,3)19-4)12-20-15-8-6-7-13(17)11-15/h6-8,11,14,18H,5,9-10,12H2,1-4H3. The number of methoxy groups -OCH3 is 1. The molecule has 0 saturated carbocycles. The average molecular weight is 360 g/mol. The molecule has 2 nitrogen and oxygen atoms in total. The molecule has 20 heavy (non-hydrogen) atoms. The maximum Gasteiger partial charge on any atom is 0.0623 e. The van der Waals surface area contributed by atoms with Crippen molar-refractivity contribution in [2.75, 3.05) is 19.4 Å². The highest BCUT2D eigenvalue weighted by molar-refractivity contribution is 9.10. The second-order valence-electron chi connectivity index (χ2n) is 5.53. The lowest BCUT2D eigenvalue weighted by Gasteiger charge is -2.26. The molecule has 0 spiro atoms. The molecule has 1 aromatic rings.